The summed E-state index contributed by atoms with van der Waals surface area (Å²) in [4.78, 5) is 35.8. The van der Waals surface area contributed by atoms with Crippen LogP contribution in [0.3, 0.4) is 0 Å². The monoisotopic (exact) mass is 335 g/mol. The summed E-state index contributed by atoms with van der Waals surface area (Å²) in [5.74, 6) is -3.16. The van der Waals surface area contributed by atoms with Crippen molar-refractivity contribution in [2.45, 2.75) is 16.9 Å². The van der Waals surface area contributed by atoms with E-state index in [0.29, 0.717) is 4.90 Å². The molecule has 1 aromatic rings. The number of esters is 1. The second-order valence-corrected chi connectivity index (χ2v) is 6.51. The summed E-state index contributed by atoms with van der Waals surface area (Å²) in [5, 5.41) is 0. The van der Waals surface area contributed by atoms with Crippen LogP contribution in [0.4, 0.5) is 0 Å². The highest BCUT2D eigenvalue weighted by Gasteiger charge is 2.53. The van der Waals surface area contributed by atoms with E-state index in [-0.39, 0.29) is 5.56 Å². The summed E-state index contributed by atoms with van der Waals surface area (Å²) in [6, 6.07) is 6.37. The lowest BCUT2D eigenvalue weighted by molar-refractivity contribution is -0.149. The maximum atomic E-state index is 12.3. The molecule has 0 aliphatic carbocycles. The van der Waals surface area contributed by atoms with Gasteiger partial charge in [-0.3, -0.25) is 9.59 Å². The van der Waals surface area contributed by atoms with Gasteiger partial charge in [0.15, 0.2) is 0 Å². The molecule has 0 spiro atoms. The molecule has 1 heterocycles. The van der Waals surface area contributed by atoms with Crippen molar-refractivity contribution in [1.82, 2.24) is 4.90 Å². The Morgan fingerprint density at radius 2 is 1.75 bits per heavy atom. The topological polar surface area (TPSA) is 63.7 Å². The van der Waals surface area contributed by atoms with Gasteiger partial charge in [-0.05, 0) is 19.1 Å². The lowest BCUT2D eigenvalue weighted by atomic mass is 10.1. The van der Waals surface area contributed by atoms with E-state index in [1.165, 1.54) is 12.1 Å². The first-order valence-electron chi connectivity index (χ1n) is 5.43. The standard InChI is InChI=1S/C12H8Cl3NO4/c1-6-2-4-7(5-3-6)8(17)16-9(18)10(19)20-11(16)12(13,14)15/h2-5,11H,1H3. The van der Waals surface area contributed by atoms with Crippen LogP contribution in [-0.2, 0) is 14.3 Å². The third-order valence-electron chi connectivity index (χ3n) is 2.64. The molecule has 2 rings (SSSR count). The Morgan fingerprint density at radius 3 is 2.25 bits per heavy atom. The van der Waals surface area contributed by atoms with E-state index in [1.807, 2.05) is 6.92 Å². The van der Waals surface area contributed by atoms with Crippen LogP contribution in [0.5, 0.6) is 0 Å². The molecule has 2 amide bonds. The fraction of sp³-hybridized carbons (Fsp3) is 0.250. The summed E-state index contributed by atoms with van der Waals surface area (Å²) >= 11 is 16.9. The predicted octanol–water partition coefficient (Wildman–Crippen LogP) is 2.22. The van der Waals surface area contributed by atoms with Crippen LogP contribution in [0.1, 0.15) is 15.9 Å². The molecule has 0 saturated carbocycles. The molecule has 1 aliphatic heterocycles. The average Bonchev–Trinajstić information content (AvgIpc) is 2.66. The smallest absolute Gasteiger partial charge is 0.399 e. The number of imide groups is 1. The van der Waals surface area contributed by atoms with Crippen LogP contribution in [0.15, 0.2) is 24.3 Å². The van der Waals surface area contributed by atoms with E-state index < -0.39 is 27.8 Å². The maximum absolute atomic E-state index is 12.3. The van der Waals surface area contributed by atoms with Gasteiger partial charge in [0.2, 0.25) is 10.0 Å². The summed E-state index contributed by atoms with van der Waals surface area (Å²) < 4.78 is 2.51. The molecule has 106 valence electrons. The van der Waals surface area contributed by atoms with Gasteiger partial charge in [-0.2, -0.15) is 0 Å². The molecule has 1 saturated heterocycles. The zero-order valence-electron chi connectivity index (χ0n) is 10.1. The van der Waals surface area contributed by atoms with Gasteiger partial charge in [0.05, 0.1) is 0 Å². The number of carbonyl (C=O) groups excluding carboxylic acids is 3. The maximum Gasteiger partial charge on any atom is 0.399 e. The fourth-order valence-electron chi connectivity index (χ4n) is 1.66. The number of hydrogen-bond donors (Lipinski definition) is 0. The minimum absolute atomic E-state index is 0.182. The first-order valence-corrected chi connectivity index (χ1v) is 6.57. The number of benzene rings is 1. The Morgan fingerprint density at radius 1 is 1.20 bits per heavy atom. The van der Waals surface area contributed by atoms with Crippen molar-refractivity contribution in [2.75, 3.05) is 0 Å². The van der Waals surface area contributed by atoms with Crippen LogP contribution >= 0.6 is 34.8 Å². The zero-order valence-corrected chi connectivity index (χ0v) is 12.4. The van der Waals surface area contributed by atoms with Crippen molar-refractivity contribution in [3.63, 3.8) is 0 Å². The van der Waals surface area contributed by atoms with Gasteiger partial charge in [0.25, 0.3) is 5.91 Å². The largest absolute Gasteiger partial charge is 0.429 e. The van der Waals surface area contributed by atoms with Gasteiger partial charge in [-0.25, -0.2) is 9.69 Å². The Labute approximate surface area is 129 Å². The van der Waals surface area contributed by atoms with E-state index in [1.54, 1.807) is 12.1 Å². The minimum Gasteiger partial charge on any atom is -0.429 e. The van der Waals surface area contributed by atoms with E-state index >= 15 is 0 Å². The lowest BCUT2D eigenvalue weighted by Crippen LogP contribution is -2.46. The molecule has 1 unspecified atom stereocenters. The van der Waals surface area contributed by atoms with Crippen LogP contribution in [0, 0.1) is 6.92 Å². The Balaban J connectivity index is 2.37. The number of amides is 2. The first kappa shape index (κ1) is 15.1. The Kier molecular flexibility index (Phi) is 3.95. The number of nitrogens with zero attached hydrogens (tertiary/aromatic N) is 1. The van der Waals surface area contributed by atoms with E-state index in [9.17, 15) is 14.4 Å². The van der Waals surface area contributed by atoms with Gasteiger partial charge < -0.3 is 4.74 Å². The number of alkyl halides is 3. The third-order valence-corrected chi connectivity index (χ3v) is 3.20. The second-order valence-electron chi connectivity index (χ2n) is 4.15. The number of rotatable bonds is 1. The molecule has 1 atom stereocenters. The summed E-state index contributed by atoms with van der Waals surface area (Å²) in [6.07, 6.45) is -1.58. The predicted molar refractivity (Wildman–Crippen MR) is 72.5 cm³/mol. The molecule has 0 N–H and O–H groups in total. The highest BCUT2D eigenvalue weighted by molar-refractivity contribution is 6.68. The molecule has 1 aromatic carbocycles. The molecule has 20 heavy (non-hydrogen) atoms. The molecule has 0 bridgehead atoms. The van der Waals surface area contributed by atoms with E-state index in [4.69, 9.17) is 34.8 Å². The number of aryl methyl sites for hydroxylation is 1. The van der Waals surface area contributed by atoms with Crippen LogP contribution in [0.2, 0.25) is 0 Å². The first-order chi connectivity index (χ1) is 9.21. The van der Waals surface area contributed by atoms with Crippen LogP contribution < -0.4 is 0 Å². The molecule has 1 aliphatic rings. The van der Waals surface area contributed by atoms with Crippen molar-refractivity contribution in [3.8, 4) is 0 Å². The Bertz CT molecular complexity index is 579. The zero-order chi connectivity index (χ0) is 15.1. The Hall–Kier alpha value is -1.30. The molecular formula is C12H8Cl3NO4. The van der Waals surface area contributed by atoms with Gasteiger partial charge in [0.1, 0.15) is 0 Å². The fourth-order valence-corrected chi connectivity index (χ4v) is 2.08. The third kappa shape index (κ3) is 2.75. The van der Waals surface area contributed by atoms with Gasteiger partial charge >= 0.3 is 11.9 Å². The minimum atomic E-state index is -2.12. The van der Waals surface area contributed by atoms with Crippen molar-refractivity contribution in [3.05, 3.63) is 35.4 Å². The number of cyclic esters (lactones) is 1. The van der Waals surface area contributed by atoms with Crippen molar-refractivity contribution in [2.24, 2.45) is 0 Å². The molecule has 1 fully saturated rings. The highest BCUT2D eigenvalue weighted by Crippen LogP contribution is 2.37. The number of carbonyl (C=O) groups is 3. The highest BCUT2D eigenvalue weighted by atomic mass is 35.6. The van der Waals surface area contributed by atoms with Crippen molar-refractivity contribution >= 4 is 52.6 Å². The quantitative estimate of drug-likeness (QED) is 0.341. The summed E-state index contributed by atoms with van der Waals surface area (Å²) in [7, 11) is 0. The molecule has 0 aromatic heterocycles. The van der Waals surface area contributed by atoms with Crippen molar-refractivity contribution < 1.29 is 19.1 Å². The average molecular weight is 337 g/mol. The van der Waals surface area contributed by atoms with Gasteiger partial charge in [-0.1, -0.05) is 52.5 Å². The van der Waals surface area contributed by atoms with E-state index in [0.717, 1.165) is 5.56 Å². The van der Waals surface area contributed by atoms with Crippen LogP contribution in [-0.4, -0.2) is 32.7 Å². The number of hydrogen-bond acceptors (Lipinski definition) is 4. The number of ether oxygens (including phenoxy) is 1. The van der Waals surface area contributed by atoms with E-state index in [2.05, 4.69) is 4.74 Å². The number of halogens is 3. The van der Waals surface area contributed by atoms with Crippen molar-refractivity contribution in [1.29, 1.82) is 0 Å². The summed E-state index contributed by atoms with van der Waals surface area (Å²) in [5.41, 5.74) is 1.11. The second kappa shape index (κ2) is 5.24. The molecule has 0 radical (unpaired) electrons. The molecular weight excluding hydrogens is 328 g/mol. The normalized spacial score (nSPS) is 19.2. The summed E-state index contributed by atoms with van der Waals surface area (Å²) in [6.45, 7) is 1.84. The molecule has 5 nitrogen and oxygen atoms in total. The SMILES string of the molecule is Cc1ccc(C(=O)N2C(=O)C(=O)OC2C(Cl)(Cl)Cl)cc1. The van der Waals surface area contributed by atoms with Crippen LogP contribution in [0.25, 0.3) is 0 Å². The van der Waals surface area contributed by atoms with Gasteiger partial charge in [0, 0.05) is 5.56 Å². The van der Waals surface area contributed by atoms with Gasteiger partial charge in [-0.15, -0.1) is 0 Å². The lowest BCUT2D eigenvalue weighted by Gasteiger charge is -2.25. The molecule has 8 heteroatoms.